The number of rotatable bonds is 0. The van der Waals surface area contributed by atoms with Gasteiger partial charge in [0.25, 0.3) is 0 Å². The van der Waals surface area contributed by atoms with E-state index in [1.807, 2.05) is 12.1 Å². The number of hydrogen-bond donors (Lipinski definition) is 0. The maximum Gasteiger partial charge on any atom is 0.187 e. The molecule has 0 amide bonds. The summed E-state index contributed by atoms with van der Waals surface area (Å²) in [4.78, 5) is 3.49. The fourth-order valence-corrected chi connectivity index (χ4v) is 2.42. The molecule has 0 bridgehead atoms. The average molecular weight is 205 g/mol. The lowest BCUT2D eigenvalue weighted by molar-refractivity contribution is 1.22. The highest BCUT2D eigenvalue weighted by atomic mass is 14.6. The molecule has 1 nitrogen and oxygen atoms in total. The van der Waals surface area contributed by atoms with E-state index in [9.17, 15) is 0 Å². The topological polar surface area (TPSA) is 4.36 Å². The number of benzene rings is 2. The Morgan fingerprint density at radius 1 is 1.12 bits per heavy atom. The van der Waals surface area contributed by atoms with Gasteiger partial charge < -0.3 is 0 Å². The van der Waals surface area contributed by atoms with Crippen LogP contribution in [0.15, 0.2) is 36.4 Å². The zero-order valence-electron chi connectivity index (χ0n) is 9.12. The monoisotopic (exact) mass is 205 g/mol. The van der Waals surface area contributed by atoms with Crippen LogP contribution in [0.5, 0.6) is 0 Å². The third-order valence-corrected chi connectivity index (χ3v) is 3.29. The largest absolute Gasteiger partial charge is 0.238 e. The van der Waals surface area contributed by atoms with Crippen molar-refractivity contribution in [1.29, 1.82) is 0 Å². The van der Waals surface area contributed by atoms with Crippen molar-refractivity contribution in [3.8, 4) is 11.1 Å². The molecule has 0 aromatic heterocycles. The van der Waals surface area contributed by atoms with E-state index in [1.54, 1.807) is 0 Å². The number of hydrogen-bond acceptors (Lipinski definition) is 0. The Labute approximate surface area is 95.2 Å². The van der Waals surface area contributed by atoms with Crippen molar-refractivity contribution in [2.24, 2.45) is 0 Å². The van der Waals surface area contributed by atoms with E-state index in [4.69, 9.17) is 6.57 Å². The first-order chi connectivity index (χ1) is 7.79. The van der Waals surface area contributed by atoms with Crippen LogP contribution in [-0.2, 0) is 6.42 Å². The molecule has 0 heterocycles. The normalized spacial score (nSPS) is 11.8. The van der Waals surface area contributed by atoms with E-state index in [0.29, 0.717) is 0 Å². The smallest absolute Gasteiger partial charge is 0.187 e. The Balaban J connectivity index is 2.28. The van der Waals surface area contributed by atoms with E-state index in [-0.39, 0.29) is 0 Å². The third kappa shape index (κ3) is 1.17. The summed E-state index contributed by atoms with van der Waals surface area (Å²) in [7, 11) is 0. The molecule has 0 radical (unpaired) electrons. The maximum atomic E-state index is 7.06. The summed E-state index contributed by atoms with van der Waals surface area (Å²) in [5.41, 5.74) is 7.38. The lowest BCUT2D eigenvalue weighted by atomic mass is 10.0. The minimum absolute atomic E-state index is 0.730. The van der Waals surface area contributed by atoms with Gasteiger partial charge in [0.2, 0.25) is 0 Å². The molecule has 76 valence electrons. The SMILES string of the molecule is [C-]#[N+]c1ccc2c(c1)-c1cccc(C)c1C2. The van der Waals surface area contributed by atoms with Gasteiger partial charge in [0.15, 0.2) is 5.69 Å². The van der Waals surface area contributed by atoms with Gasteiger partial charge in [-0.3, -0.25) is 0 Å². The molecule has 0 unspecified atom stereocenters. The molecule has 0 saturated heterocycles. The predicted molar refractivity (Wildman–Crippen MR) is 65.7 cm³/mol. The Bertz CT molecular complexity index is 618. The highest BCUT2D eigenvalue weighted by Gasteiger charge is 2.19. The average Bonchev–Trinajstić information content (AvgIpc) is 2.68. The molecular formula is C15H11N. The number of fused-ring (bicyclic) bond motifs is 3. The van der Waals surface area contributed by atoms with Crippen molar-refractivity contribution in [1.82, 2.24) is 0 Å². The summed E-state index contributed by atoms with van der Waals surface area (Å²) in [6.45, 7) is 9.21. The quantitative estimate of drug-likeness (QED) is 0.486. The summed E-state index contributed by atoms with van der Waals surface area (Å²) in [5.74, 6) is 0. The molecule has 0 fully saturated rings. The first-order valence-electron chi connectivity index (χ1n) is 5.39. The van der Waals surface area contributed by atoms with Crippen LogP contribution < -0.4 is 0 Å². The Kier molecular flexibility index (Phi) is 1.84. The van der Waals surface area contributed by atoms with Crippen LogP contribution in [-0.4, -0.2) is 0 Å². The predicted octanol–water partition coefficient (Wildman–Crippen LogP) is 4.12. The Hall–Kier alpha value is -2.07. The molecular weight excluding hydrogens is 194 g/mol. The molecule has 2 aromatic carbocycles. The molecule has 3 rings (SSSR count). The fourth-order valence-electron chi connectivity index (χ4n) is 2.42. The van der Waals surface area contributed by atoms with Crippen LogP contribution in [0.4, 0.5) is 5.69 Å². The van der Waals surface area contributed by atoms with Crippen LogP contribution in [0.3, 0.4) is 0 Å². The lowest BCUT2D eigenvalue weighted by Gasteiger charge is -2.03. The molecule has 1 heteroatoms. The highest BCUT2D eigenvalue weighted by molar-refractivity contribution is 5.80. The molecule has 1 aliphatic carbocycles. The summed E-state index contributed by atoms with van der Waals surface area (Å²) < 4.78 is 0. The maximum absolute atomic E-state index is 7.06. The highest BCUT2D eigenvalue weighted by Crippen LogP contribution is 2.39. The minimum atomic E-state index is 0.730. The molecule has 0 saturated carbocycles. The van der Waals surface area contributed by atoms with Gasteiger partial charge >= 0.3 is 0 Å². The van der Waals surface area contributed by atoms with Crippen LogP contribution in [0, 0.1) is 13.5 Å². The molecule has 16 heavy (non-hydrogen) atoms. The van der Waals surface area contributed by atoms with Crippen molar-refractivity contribution in [3.05, 3.63) is 64.5 Å². The zero-order valence-corrected chi connectivity index (χ0v) is 9.12. The van der Waals surface area contributed by atoms with Crippen LogP contribution in [0.1, 0.15) is 16.7 Å². The third-order valence-electron chi connectivity index (χ3n) is 3.29. The van der Waals surface area contributed by atoms with Crippen molar-refractivity contribution >= 4 is 5.69 Å². The van der Waals surface area contributed by atoms with Gasteiger partial charge in [0, 0.05) is 0 Å². The number of aryl methyl sites for hydroxylation is 1. The summed E-state index contributed by atoms with van der Waals surface area (Å²) in [5, 5.41) is 0. The van der Waals surface area contributed by atoms with Crippen LogP contribution in [0.25, 0.3) is 16.0 Å². The van der Waals surface area contributed by atoms with E-state index >= 15 is 0 Å². The van der Waals surface area contributed by atoms with E-state index < -0.39 is 0 Å². The second-order valence-electron chi connectivity index (χ2n) is 4.23. The first kappa shape index (κ1) is 9.18. The second-order valence-corrected chi connectivity index (χ2v) is 4.23. The zero-order chi connectivity index (χ0) is 11.1. The Morgan fingerprint density at radius 2 is 2.00 bits per heavy atom. The summed E-state index contributed by atoms with van der Waals surface area (Å²) in [6, 6.07) is 12.4. The van der Waals surface area contributed by atoms with E-state index in [1.165, 1.54) is 27.8 Å². The van der Waals surface area contributed by atoms with Crippen LogP contribution in [0.2, 0.25) is 0 Å². The Morgan fingerprint density at radius 3 is 2.81 bits per heavy atom. The van der Waals surface area contributed by atoms with Gasteiger partial charge in [-0.15, -0.1) is 0 Å². The van der Waals surface area contributed by atoms with Gasteiger partial charge in [0.1, 0.15) is 0 Å². The van der Waals surface area contributed by atoms with Gasteiger partial charge in [0.05, 0.1) is 6.57 Å². The molecule has 0 spiro atoms. The molecule has 0 N–H and O–H groups in total. The lowest BCUT2D eigenvalue weighted by Crippen LogP contribution is -1.84. The fraction of sp³-hybridized carbons (Fsp3) is 0.133. The molecule has 0 aliphatic heterocycles. The van der Waals surface area contributed by atoms with Crippen molar-refractivity contribution in [3.63, 3.8) is 0 Å². The van der Waals surface area contributed by atoms with Crippen molar-refractivity contribution < 1.29 is 0 Å². The van der Waals surface area contributed by atoms with Crippen molar-refractivity contribution in [2.45, 2.75) is 13.3 Å². The first-order valence-corrected chi connectivity index (χ1v) is 5.39. The number of nitrogens with zero attached hydrogens (tertiary/aromatic N) is 1. The van der Waals surface area contributed by atoms with E-state index in [2.05, 4.69) is 36.0 Å². The van der Waals surface area contributed by atoms with Gasteiger partial charge in [-0.05, 0) is 47.2 Å². The standard InChI is InChI=1S/C15H11N/c1-10-4-3-5-13-14(10)8-11-6-7-12(16-2)9-15(11)13/h3-7,9H,8H2,1H3. The summed E-state index contributed by atoms with van der Waals surface area (Å²) >= 11 is 0. The summed E-state index contributed by atoms with van der Waals surface area (Å²) in [6.07, 6.45) is 1.01. The van der Waals surface area contributed by atoms with Crippen molar-refractivity contribution in [2.75, 3.05) is 0 Å². The van der Waals surface area contributed by atoms with Gasteiger partial charge in [-0.2, -0.15) is 0 Å². The molecule has 0 atom stereocenters. The van der Waals surface area contributed by atoms with Gasteiger partial charge in [-0.1, -0.05) is 30.3 Å². The second kappa shape index (κ2) is 3.21. The van der Waals surface area contributed by atoms with Gasteiger partial charge in [-0.25, -0.2) is 4.85 Å². The van der Waals surface area contributed by atoms with Crippen LogP contribution >= 0.6 is 0 Å². The van der Waals surface area contributed by atoms with E-state index in [0.717, 1.165) is 12.1 Å². The molecule has 2 aromatic rings. The molecule has 1 aliphatic rings. The minimum Gasteiger partial charge on any atom is -0.238 e.